The van der Waals surface area contributed by atoms with Crippen molar-refractivity contribution < 1.29 is 9.53 Å². The van der Waals surface area contributed by atoms with E-state index in [0.29, 0.717) is 6.61 Å². The normalized spacial score (nSPS) is 18.7. The van der Waals surface area contributed by atoms with Crippen LogP contribution in [0.25, 0.3) is 10.8 Å². The van der Waals surface area contributed by atoms with Crippen LogP contribution in [0.5, 0.6) is 0 Å². The monoisotopic (exact) mass is 255 g/mol. The summed E-state index contributed by atoms with van der Waals surface area (Å²) in [6, 6.07) is 14.2. The van der Waals surface area contributed by atoms with E-state index in [1.54, 1.807) is 4.90 Å². The molecule has 0 aliphatic carbocycles. The predicted octanol–water partition coefficient (Wildman–Crippen LogP) is 2.98. The molecule has 98 valence electrons. The highest BCUT2D eigenvalue weighted by Crippen LogP contribution is 2.23. The van der Waals surface area contributed by atoms with E-state index in [1.165, 1.54) is 5.39 Å². The van der Waals surface area contributed by atoms with Crippen LogP contribution in [0.1, 0.15) is 12.8 Å². The van der Waals surface area contributed by atoms with Crippen molar-refractivity contribution in [2.75, 3.05) is 18.6 Å². The van der Waals surface area contributed by atoms with Crippen LogP contribution >= 0.6 is 0 Å². The third-order valence-corrected chi connectivity index (χ3v) is 3.66. The summed E-state index contributed by atoms with van der Waals surface area (Å²) in [6.07, 6.45) is 1.54. The van der Waals surface area contributed by atoms with Gasteiger partial charge in [-0.3, -0.25) is 4.79 Å². The lowest BCUT2D eigenvalue weighted by atomic mass is 10.1. The van der Waals surface area contributed by atoms with E-state index in [-0.39, 0.29) is 12.0 Å². The number of likely N-dealkylation sites (N-methyl/N-ethyl adjacent to an activating group) is 1. The summed E-state index contributed by atoms with van der Waals surface area (Å²) in [5.74, 6) is 0.0489. The van der Waals surface area contributed by atoms with Gasteiger partial charge in [0.15, 0.2) is 0 Å². The molecule has 2 aromatic carbocycles. The van der Waals surface area contributed by atoms with Crippen molar-refractivity contribution in [3.63, 3.8) is 0 Å². The molecule has 1 fully saturated rings. The Morgan fingerprint density at radius 3 is 2.74 bits per heavy atom. The molecule has 1 unspecified atom stereocenters. The first-order valence-electron chi connectivity index (χ1n) is 6.64. The van der Waals surface area contributed by atoms with Crippen molar-refractivity contribution in [3.05, 3.63) is 42.5 Å². The molecule has 1 aliphatic rings. The largest absolute Gasteiger partial charge is 0.368 e. The smallest absolute Gasteiger partial charge is 0.255 e. The van der Waals surface area contributed by atoms with Gasteiger partial charge >= 0.3 is 0 Å². The van der Waals surface area contributed by atoms with E-state index in [1.807, 2.05) is 37.4 Å². The van der Waals surface area contributed by atoms with Crippen LogP contribution < -0.4 is 4.90 Å². The lowest BCUT2D eigenvalue weighted by Crippen LogP contribution is -2.35. The first kappa shape index (κ1) is 12.2. The van der Waals surface area contributed by atoms with Crippen LogP contribution in [0.4, 0.5) is 5.69 Å². The minimum absolute atomic E-state index is 0.0489. The summed E-state index contributed by atoms with van der Waals surface area (Å²) in [6.45, 7) is 0.696. The zero-order valence-electron chi connectivity index (χ0n) is 11.0. The fourth-order valence-electron chi connectivity index (χ4n) is 2.50. The number of hydrogen-bond acceptors (Lipinski definition) is 2. The number of amides is 1. The van der Waals surface area contributed by atoms with E-state index >= 15 is 0 Å². The van der Waals surface area contributed by atoms with E-state index in [9.17, 15) is 4.79 Å². The Balaban J connectivity index is 1.88. The molecule has 1 amide bonds. The Bertz CT molecular complexity index is 602. The Morgan fingerprint density at radius 1 is 1.21 bits per heavy atom. The van der Waals surface area contributed by atoms with Crippen molar-refractivity contribution in [3.8, 4) is 0 Å². The predicted molar refractivity (Wildman–Crippen MR) is 76.3 cm³/mol. The van der Waals surface area contributed by atoms with Crippen LogP contribution in [0, 0.1) is 0 Å². The van der Waals surface area contributed by atoms with Crippen molar-refractivity contribution in [2.24, 2.45) is 0 Å². The summed E-state index contributed by atoms with van der Waals surface area (Å²) in [4.78, 5) is 14.0. The molecule has 0 aromatic heterocycles. The Hall–Kier alpha value is -1.87. The maximum Gasteiger partial charge on any atom is 0.255 e. The highest BCUT2D eigenvalue weighted by Gasteiger charge is 2.27. The summed E-state index contributed by atoms with van der Waals surface area (Å²) < 4.78 is 5.45. The van der Waals surface area contributed by atoms with E-state index in [0.717, 1.165) is 23.9 Å². The van der Waals surface area contributed by atoms with E-state index in [2.05, 4.69) is 12.1 Å². The van der Waals surface area contributed by atoms with Gasteiger partial charge in [-0.25, -0.2) is 0 Å². The van der Waals surface area contributed by atoms with Gasteiger partial charge in [0.05, 0.1) is 0 Å². The number of anilines is 1. The molecule has 0 saturated carbocycles. The van der Waals surface area contributed by atoms with Gasteiger partial charge in [-0.15, -0.1) is 0 Å². The third kappa shape index (κ3) is 2.34. The number of carbonyl (C=O) groups is 1. The molecule has 19 heavy (non-hydrogen) atoms. The molecule has 1 heterocycles. The van der Waals surface area contributed by atoms with E-state index < -0.39 is 0 Å². The van der Waals surface area contributed by atoms with Crippen LogP contribution in [-0.2, 0) is 9.53 Å². The Kier molecular flexibility index (Phi) is 3.22. The molecule has 3 heteroatoms. The lowest BCUT2D eigenvalue weighted by molar-refractivity contribution is -0.127. The van der Waals surface area contributed by atoms with Crippen molar-refractivity contribution in [1.82, 2.24) is 0 Å². The molecule has 1 saturated heterocycles. The Labute approximate surface area is 112 Å². The number of benzene rings is 2. The highest BCUT2D eigenvalue weighted by molar-refractivity contribution is 5.98. The molecular weight excluding hydrogens is 238 g/mol. The zero-order valence-corrected chi connectivity index (χ0v) is 11.0. The molecule has 0 bridgehead atoms. The molecule has 1 aliphatic heterocycles. The maximum absolute atomic E-state index is 12.3. The fraction of sp³-hybridized carbons (Fsp3) is 0.312. The van der Waals surface area contributed by atoms with Gasteiger partial charge in [0.1, 0.15) is 6.10 Å². The number of fused-ring (bicyclic) bond motifs is 1. The molecule has 1 atom stereocenters. The molecular formula is C16H17NO2. The number of carbonyl (C=O) groups excluding carboxylic acids is 1. The van der Waals surface area contributed by atoms with E-state index in [4.69, 9.17) is 4.74 Å². The lowest BCUT2D eigenvalue weighted by Gasteiger charge is -2.21. The quantitative estimate of drug-likeness (QED) is 0.825. The molecule has 2 aromatic rings. The average molecular weight is 255 g/mol. The molecule has 3 nitrogen and oxygen atoms in total. The Morgan fingerprint density at radius 2 is 2.00 bits per heavy atom. The van der Waals surface area contributed by atoms with Gasteiger partial charge in [-0.05, 0) is 35.7 Å². The standard InChI is InChI=1S/C16H17NO2/c1-17(16(18)15-7-4-10-19-15)14-9-8-12-5-2-3-6-13(12)11-14/h2-3,5-6,8-9,11,15H,4,7,10H2,1H3. The second kappa shape index (κ2) is 5.02. The summed E-state index contributed by atoms with van der Waals surface area (Å²) >= 11 is 0. The number of nitrogens with zero attached hydrogens (tertiary/aromatic N) is 1. The topological polar surface area (TPSA) is 29.5 Å². The summed E-state index contributed by atoms with van der Waals surface area (Å²) in [5, 5.41) is 2.33. The maximum atomic E-state index is 12.3. The minimum Gasteiger partial charge on any atom is -0.368 e. The van der Waals surface area contributed by atoms with Gasteiger partial charge in [0, 0.05) is 19.3 Å². The second-order valence-corrected chi connectivity index (χ2v) is 4.93. The van der Waals surface area contributed by atoms with Gasteiger partial charge in [-0.2, -0.15) is 0 Å². The molecule has 3 rings (SSSR count). The van der Waals surface area contributed by atoms with Gasteiger partial charge in [-0.1, -0.05) is 30.3 Å². The molecule has 0 N–H and O–H groups in total. The first-order chi connectivity index (χ1) is 9.25. The minimum atomic E-state index is -0.267. The molecule has 0 spiro atoms. The number of ether oxygens (including phenoxy) is 1. The SMILES string of the molecule is CN(C(=O)C1CCCO1)c1ccc2ccccc2c1. The van der Waals surface area contributed by atoms with Crippen molar-refractivity contribution in [1.29, 1.82) is 0 Å². The van der Waals surface area contributed by atoms with Crippen molar-refractivity contribution >= 4 is 22.4 Å². The summed E-state index contributed by atoms with van der Waals surface area (Å²) in [7, 11) is 1.81. The average Bonchev–Trinajstić information content (AvgIpc) is 2.99. The fourth-order valence-corrected chi connectivity index (χ4v) is 2.50. The van der Waals surface area contributed by atoms with Gasteiger partial charge < -0.3 is 9.64 Å². The highest BCUT2D eigenvalue weighted by atomic mass is 16.5. The van der Waals surface area contributed by atoms with Gasteiger partial charge in [0.25, 0.3) is 5.91 Å². The van der Waals surface area contributed by atoms with Crippen LogP contribution in [0.2, 0.25) is 0 Å². The van der Waals surface area contributed by atoms with Crippen LogP contribution in [0.15, 0.2) is 42.5 Å². The van der Waals surface area contributed by atoms with Gasteiger partial charge in [0.2, 0.25) is 0 Å². The van der Waals surface area contributed by atoms with Crippen LogP contribution in [0.3, 0.4) is 0 Å². The zero-order chi connectivity index (χ0) is 13.2. The third-order valence-electron chi connectivity index (χ3n) is 3.66. The van der Waals surface area contributed by atoms with Crippen LogP contribution in [-0.4, -0.2) is 25.7 Å². The second-order valence-electron chi connectivity index (χ2n) is 4.93. The number of hydrogen-bond donors (Lipinski definition) is 0. The van der Waals surface area contributed by atoms with Crippen molar-refractivity contribution in [2.45, 2.75) is 18.9 Å². The molecule has 0 radical (unpaired) electrons. The number of rotatable bonds is 2. The first-order valence-corrected chi connectivity index (χ1v) is 6.64. The summed E-state index contributed by atoms with van der Waals surface area (Å²) in [5.41, 5.74) is 0.916.